The zero-order valence-electron chi connectivity index (χ0n) is 16.3. The van der Waals surface area contributed by atoms with Crippen LogP contribution in [0, 0.1) is 13.8 Å². The normalized spacial score (nSPS) is 10.9. The maximum atomic E-state index is 12.5. The van der Waals surface area contributed by atoms with Crippen molar-refractivity contribution in [3.05, 3.63) is 75.8 Å². The van der Waals surface area contributed by atoms with Gasteiger partial charge in [0.2, 0.25) is 5.91 Å². The van der Waals surface area contributed by atoms with E-state index in [-0.39, 0.29) is 17.9 Å². The van der Waals surface area contributed by atoms with E-state index in [0.717, 1.165) is 22.6 Å². The second-order valence-electron chi connectivity index (χ2n) is 6.85. The zero-order chi connectivity index (χ0) is 19.9. The van der Waals surface area contributed by atoms with Crippen molar-refractivity contribution in [2.75, 3.05) is 12.3 Å². The van der Waals surface area contributed by atoms with E-state index < -0.39 is 0 Å². The highest BCUT2D eigenvalue weighted by molar-refractivity contribution is 7.98. The Kier molecular flexibility index (Phi) is 6.87. The Morgan fingerprint density at radius 1 is 1.14 bits per heavy atom. The van der Waals surface area contributed by atoms with Gasteiger partial charge in [-0.15, -0.1) is 0 Å². The number of aromatic nitrogens is 2. The second-order valence-corrected chi connectivity index (χ2v) is 7.96. The van der Waals surface area contributed by atoms with Crippen molar-refractivity contribution in [3.8, 4) is 0 Å². The summed E-state index contributed by atoms with van der Waals surface area (Å²) in [6, 6.07) is 14.1. The molecule has 0 fully saturated rings. The molecule has 2 aromatic carbocycles. The number of carbonyl (C=O) groups excluding carboxylic acids is 1. The number of hydrogen-bond donors (Lipinski definition) is 1. The number of aryl methyl sites for hydroxylation is 3. The number of nitrogens with zero attached hydrogens (tertiary/aromatic N) is 2. The average Bonchev–Trinajstić information content (AvgIpc) is 2.69. The number of carbonyl (C=O) groups is 1. The van der Waals surface area contributed by atoms with E-state index in [1.165, 1.54) is 22.0 Å². The summed E-state index contributed by atoms with van der Waals surface area (Å²) < 4.78 is 1.51. The zero-order valence-corrected chi connectivity index (χ0v) is 17.1. The average molecular weight is 396 g/mol. The highest BCUT2D eigenvalue weighted by Crippen LogP contribution is 2.13. The van der Waals surface area contributed by atoms with E-state index in [0.29, 0.717) is 18.5 Å². The fourth-order valence-electron chi connectivity index (χ4n) is 2.94. The van der Waals surface area contributed by atoms with E-state index in [2.05, 4.69) is 41.5 Å². The molecule has 0 spiro atoms. The number of benzene rings is 2. The Bertz CT molecular complexity index is 1010. The molecule has 0 saturated heterocycles. The van der Waals surface area contributed by atoms with Crippen LogP contribution in [0.15, 0.2) is 53.6 Å². The maximum Gasteiger partial charge on any atom is 0.261 e. The summed E-state index contributed by atoms with van der Waals surface area (Å²) in [7, 11) is 0. The summed E-state index contributed by atoms with van der Waals surface area (Å²) in [6.07, 6.45) is 1.80. The van der Waals surface area contributed by atoms with Crippen molar-refractivity contribution in [2.45, 2.75) is 32.6 Å². The number of fused-ring (bicyclic) bond motifs is 1. The van der Waals surface area contributed by atoms with Gasteiger partial charge >= 0.3 is 0 Å². The van der Waals surface area contributed by atoms with Gasteiger partial charge in [0.05, 0.1) is 17.2 Å². The summed E-state index contributed by atoms with van der Waals surface area (Å²) in [4.78, 5) is 29.0. The van der Waals surface area contributed by atoms with Gasteiger partial charge in [0.15, 0.2) is 0 Å². The van der Waals surface area contributed by atoms with Crippen LogP contribution in [0.25, 0.3) is 10.9 Å². The summed E-state index contributed by atoms with van der Waals surface area (Å²) in [5, 5.41) is 3.51. The molecule has 0 bridgehead atoms. The van der Waals surface area contributed by atoms with E-state index in [1.54, 1.807) is 17.8 Å². The molecule has 0 saturated carbocycles. The molecule has 0 radical (unpaired) electrons. The Morgan fingerprint density at radius 3 is 2.71 bits per heavy atom. The predicted octanol–water partition coefficient (Wildman–Crippen LogP) is 3.45. The first-order valence-corrected chi connectivity index (χ1v) is 10.5. The van der Waals surface area contributed by atoms with Crippen molar-refractivity contribution in [1.82, 2.24) is 14.9 Å². The lowest BCUT2D eigenvalue weighted by molar-refractivity contribution is -0.121. The van der Waals surface area contributed by atoms with Crippen molar-refractivity contribution in [1.29, 1.82) is 0 Å². The SMILES string of the molecule is Cc1ccc(CSCCNC(=O)CCn2cnc3c(C)cccc3c2=O)cc1. The Morgan fingerprint density at radius 2 is 1.93 bits per heavy atom. The third-order valence-electron chi connectivity index (χ3n) is 4.59. The van der Waals surface area contributed by atoms with E-state index >= 15 is 0 Å². The summed E-state index contributed by atoms with van der Waals surface area (Å²) >= 11 is 1.79. The van der Waals surface area contributed by atoms with Gasteiger partial charge < -0.3 is 5.32 Å². The van der Waals surface area contributed by atoms with E-state index in [4.69, 9.17) is 0 Å². The number of amides is 1. The Hall–Kier alpha value is -2.60. The number of thioether (sulfide) groups is 1. The number of rotatable bonds is 8. The molecule has 1 heterocycles. The van der Waals surface area contributed by atoms with Crippen LogP contribution in [0.1, 0.15) is 23.1 Å². The molecular weight excluding hydrogens is 370 g/mol. The lowest BCUT2D eigenvalue weighted by Crippen LogP contribution is -2.29. The summed E-state index contributed by atoms with van der Waals surface area (Å²) in [5.74, 6) is 1.75. The predicted molar refractivity (Wildman–Crippen MR) is 116 cm³/mol. The van der Waals surface area contributed by atoms with Crippen LogP contribution < -0.4 is 10.9 Å². The first-order valence-electron chi connectivity index (χ1n) is 9.39. The fourth-order valence-corrected chi connectivity index (χ4v) is 3.76. The lowest BCUT2D eigenvalue weighted by atomic mass is 10.1. The smallest absolute Gasteiger partial charge is 0.261 e. The van der Waals surface area contributed by atoms with E-state index in [1.807, 2.05) is 19.1 Å². The topological polar surface area (TPSA) is 64.0 Å². The van der Waals surface area contributed by atoms with Gasteiger partial charge in [0, 0.05) is 31.0 Å². The minimum atomic E-state index is -0.102. The lowest BCUT2D eigenvalue weighted by Gasteiger charge is -2.08. The number of para-hydroxylation sites is 1. The molecular formula is C22H25N3O2S. The van der Waals surface area contributed by atoms with Gasteiger partial charge in [-0.05, 0) is 31.0 Å². The first kappa shape index (κ1) is 20.1. The van der Waals surface area contributed by atoms with Crippen molar-refractivity contribution < 1.29 is 4.79 Å². The van der Waals surface area contributed by atoms with Gasteiger partial charge in [-0.3, -0.25) is 14.2 Å². The first-order chi connectivity index (χ1) is 13.5. The molecule has 0 aliphatic carbocycles. The molecule has 1 amide bonds. The molecule has 28 heavy (non-hydrogen) atoms. The molecule has 146 valence electrons. The molecule has 1 aromatic heterocycles. The van der Waals surface area contributed by atoms with Crippen LogP contribution in [0.4, 0.5) is 0 Å². The molecule has 6 heteroatoms. The molecule has 0 aliphatic heterocycles. The summed E-state index contributed by atoms with van der Waals surface area (Å²) in [6.45, 7) is 4.97. The van der Waals surface area contributed by atoms with Crippen LogP contribution >= 0.6 is 11.8 Å². The van der Waals surface area contributed by atoms with Crippen LogP contribution in [-0.4, -0.2) is 27.8 Å². The van der Waals surface area contributed by atoms with Crippen LogP contribution in [0.3, 0.4) is 0 Å². The molecule has 0 atom stereocenters. The molecule has 5 nitrogen and oxygen atoms in total. The van der Waals surface area contributed by atoms with Gasteiger partial charge in [-0.2, -0.15) is 11.8 Å². The molecule has 0 unspecified atom stereocenters. The Balaban J connectivity index is 1.42. The molecule has 0 aliphatic rings. The third kappa shape index (κ3) is 5.23. The van der Waals surface area contributed by atoms with Gasteiger partial charge in [-0.25, -0.2) is 4.98 Å². The molecule has 3 rings (SSSR count). The second kappa shape index (κ2) is 9.55. The van der Waals surface area contributed by atoms with Crippen LogP contribution in [0.2, 0.25) is 0 Å². The summed E-state index contributed by atoms with van der Waals surface area (Å²) in [5.41, 5.74) is 4.15. The van der Waals surface area contributed by atoms with Gasteiger partial charge in [0.25, 0.3) is 5.56 Å². The minimum Gasteiger partial charge on any atom is -0.355 e. The van der Waals surface area contributed by atoms with Crippen molar-refractivity contribution >= 4 is 28.6 Å². The maximum absolute atomic E-state index is 12.5. The van der Waals surface area contributed by atoms with Crippen molar-refractivity contribution in [2.24, 2.45) is 0 Å². The fraction of sp³-hybridized carbons (Fsp3) is 0.318. The highest BCUT2D eigenvalue weighted by Gasteiger charge is 2.07. The minimum absolute atomic E-state index is 0.0489. The van der Waals surface area contributed by atoms with Gasteiger partial charge in [-0.1, -0.05) is 42.0 Å². The van der Waals surface area contributed by atoms with Crippen LogP contribution in [0.5, 0.6) is 0 Å². The largest absolute Gasteiger partial charge is 0.355 e. The van der Waals surface area contributed by atoms with Gasteiger partial charge in [0.1, 0.15) is 0 Å². The van der Waals surface area contributed by atoms with Crippen molar-refractivity contribution in [3.63, 3.8) is 0 Å². The molecule has 3 aromatic rings. The highest BCUT2D eigenvalue weighted by atomic mass is 32.2. The van der Waals surface area contributed by atoms with E-state index in [9.17, 15) is 9.59 Å². The standard InChI is InChI=1S/C22H25N3O2S/c1-16-6-8-18(9-7-16)14-28-13-11-23-20(26)10-12-25-15-24-21-17(2)4-3-5-19(21)22(25)27/h3-9,15H,10-14H2,1-2H3,(H,23,26). The quantitative estimate of drug-likeness (QED) is 0.594. The Labute approximate surface area is 169 Å². The molecule has 1 N–H and O–H groups in total. The monoisotopic (exact) mass is 395 g/mol. The number of hydrogen-bond acceptors (Lipinski definition) is 4. The number of nitrogens with one attached hydrogen (secondary N) is 1. The van der Waals surface area contributed by atoms with Crippen LogP contribution in [-0.2, 0) is 17.1 Å². The third-order valence-corrected chi connectivity index (χ3v) is 5.62.